The van der Waals surface area contributed by atoms with E-state index in [4.69, 9.17) is 0 Å². The molecule has 0 aromatic heterocycles. The van der Waals surface area contributed by atoms with Gasteiger partial charge in [0.25, 0.3) is 0 Å². The van der Waals surface area contributed by atoms with Crippen molar-refractivity contribution in [3.8, 4) is 0 Å². The molecule has 82 valence electrons. The molecule has 1 rings (SSSR count). The average Bonchev–Trinajstić information content (AvgIpc) is 2.17. The second-order valence-electron chi connectivity index (χ2n) is 3.13. The summed E-state index contributed by atoms with van der Waals surface area (Å²) < 4.78 is 36.7. The summed E-state index contributed by atoms with van der Waals surface area (Å²) in [7, 11) is 0. The van der Waals surface area contributed by atoms with Crippen molar-refractivity contribution in [2.24, 2.45) is 4.99 Å². The van der Waals surface area contributed by atoms with Gasteiger partial charge in [0.1, 0.15) is 0 Å². The second-order valence-corrected chi connectivity index (χ2v) is 3.13. The summed E-state index contributed by atoms with van der Waals surface area (Å²) in [5.41, 5.74) is 0.853. The number of hydrogen-bond acceptors (Lipinski definition) is 1. The van der Waals surface area contributed by atoms with Gasteiger partial charge in [-0.1, -0.05) is 12.1 Å². The normalized spacial score (nSPS) is 13.0. The van der Waals surface area contributed by atoms with Gasteiger partial charge in [-0.25, -0.2) is 0 Å². The molecule has 1 aromatic rings. The van der Waals surface area contributed by atoms with Gasteiger partial charge in [0.2, 0.25) is 0 Å². The van der Waals surface area contributed by atoms with E-state index in [1.807, 2.05) is 6.92 Å². The van der Waals surface area contributed by atoms with Crippen LogP contribution in [0, 0.1) is 0 Å². The van der Waals surface area contributed by atoms with Gasteiger partial charge in [-0.2, -0.15) is 13.2 Å². The van der Waals surface area contributed by atoms with E-state index in [0.717, 1.165) is 23.4 Å². The Kier molecular flexibility index (Phi) is 3.50. The molecular weight excluding hydrogens is 203 g/mol. The average molecular weight is 215 g/mol. The van der Waals surface area contributed by atoms with Gasteiger partial charge in [0, 0.05) is 12.3 Å². The van der Waals surface area contributed by atoms with Crippen molar-refractivity contribution >= 4 is 5.71 Å². The van der Waals surface area contributed by atoms with Crippen molar-refractivity contribution in [2.45, 2.75) is 20.0 Å². The van der Waals surface area contributed by atoms with Crippen LogP contribution in [-0.2, 0) is 6.18 Å². The van der Waals surface area contributed by atoms with Gasteiger partial charge in [0.05, 0.1) is 5.56 Å². The van der Waals surface area contributed by atoms with E-state index in [1.54, 1.807) is 6.92 Å². The summed E-state index contributed by atoms with van der Waals surface area (Å²) in [5, 5.41) is 0. The smallest absolute Gasteiger partial charge is 0.290 e. The number of alkyl halides is 3. The summed E-state index contributed by atoms with van der Waals surface area (Å²) >= 11 is 0. The Bertz CT molecular complexity index is 349. The minimum Gasteiger partial charge on any atom is -0.290 e. The van der Waals surface area contributed by atoms with Gasteiger partial charge in [-0.15, -0.1) is 0 Å². The fourth-order valence-electron chi connectivity index (χ4n) is 1.23. The Labute approximate surface area is 86.6 Å². The minimum atomic E-state index is -4.27. The fraction of sp³-hybridized carbons (Fsp3) is 0.364. The van der Waals surface area contributed by atoms with Crippen molar-refractivity contribution in [2.75, 3.05) is 6.54 Å². The van der Waals surface area contributed by atoms with E-state index in [2.05, 4.69) is 4.99 Å². The Morgan fingerprint density at radius 1 is 1.20 bits per heavy atom. The zero-order valence-electron chi connectivity index (χ0n) is 8.60. The van der Waals surface area contributed by atoms with Crippen LogP contribution >= 0.6 is 0 Å². The maximum atomic E-state index is 12.2. The van der Waals surface area contributed by atoms with Crippen LogP contribution in [0.4, 0.5) is 13.2 Å². The maximum Gasteiger partial charge on any atom is 0.416 e. The molecule has 0 bridgehead atoms. The lowest BCUT2D eigenvalue weighted by Gasteiger charge is -2.07. The molecule has 0 unspecified atom stereocenters. The number of rotatable bonds is 2. The van der Waals surface area contributed by atoms with E-state index >= 15 is 0 Å². The van der Waals surface area contributed by atoms with E-state index in [0.29, 0.717) is 6.54 Å². The second kappa shape index (κ2) is 4.47. The molecular formula is C11H12F3N. The van der Waals surface area contributed by atoms with Crippen molar-refractivity contribution in [3.63, 3.8) is 0 Å². The monoisotopic (exact) mass is 215 g/mol. The lowest BCUT2D eigenvalue weighted by atomic mass is 10.1. The molecule has 0 saturated carbocycles. The summed E-state index contributed by atoms with van der Waals surface area (Å²) in [6.45, 7) is 4.30. The number of hydrogen-bond donors (Lipinski definition) is 0. The highest BCUT2D eigenvalue weighted by Gasteiger charge is 2.29. The van der Waals surface area contributed by atoms with Crippen LogP contribution < -0.4 is 0 Å². The molecule has 0 N–H and O–H groups in total. The summed E-state index contributed by atoms with van der Waals surface area (Å²) in [6, 6.07) is 5.03. The Hall–Kier alpha value is -1.32. The lowest BCUT2D eigenvalue weighted by molar-refractivity contribution is -0.137. The first-order valence-electron chi connectivity index (χ1n) is 4.64. The molecule has 4 heteroatoms. The van der Waals surface area contributed by atoms with Crippen molar-refractivity contribution in [1.29, 1.82) is 0 Å². The number of nitrogens with zero attached hydrogens (tertiary/aromatic N) is 1. The van der Waals surface area contributed by atoms with E-state index in [1.165, 1.54) is 12.1 Å². The molecule has 0 radical (unpaired) electrons. The lowest BCUT2D eigenvalue weighted by Crippen LogP contribution is -2.05. The fourth-order valence-corrected chi connectivity index (χ4v) is 1.23. The molecule has 0 saturated heterocycles. The molecule has 1 aromatic carbocycles. The predicted octanol–water partition coefficient (Wildman–Crippen LogP) is 3.53. The van der Waals surface area contributed by atoms with Gasteiger partial charge in [-0.3, -0.25) is 4.99 Å². The van der Waals surface area contributed by atoms with Gasteiger partial charge < -0.3 is 0 Å². The van der Waals surface area contributed by atoms with Crippen LogP contribution in [0.5, 0.6) is 0 Å². The maximum absolute atomic E-state index is 12.2. The molecule has 0 heterocycles. The molecule has 0 fully saturated rings. The van der Waals surface area contributed by atoms with Crippen molar-refractivity contribution in [3.05, 3.63) is 35.4 Å². The van der Waals surface area contributed by atoms with Gasteiger partial charge in [0.15, 0.2) is 0 Å². The van der Waals surface area contributed by atoms with E-state index < -0.39 is 11.7 Å². The third-order valence-electron chi connectivity index (χ3n) is 2.03. The molecule has 0 amide bonds. The largest absolute Gasteiger partial charge is 0.416 e. The SMILES string of the molecule is CCN=C(C)c1ccc(C(F)(F)F)cc1. The van der Waals surface area contributed by atoms with Crippen LogP contribution in [0.1, 0.15) is 25.0 Å². The molecule has 0 aliphatic carbocycles. The Morgan fingerprint density at radius 2 is 1.73 bits per heavy atom. The van der Waals surface area contributed by atoms with E-state index in [-0.39, 0.29) is 0 Å². The van der Waals surface area contributed by atoms with Crippen molar-refractivity contribution in [1.82, 2.24) is 0 Å². The Balaban J connectivity index is 2.96. The first kappa shape index (κ1) is 11.8. The first-order valence-corrected chi connectivity index (χ1v) is 4.64. The summed E-state index contributed by atoms with van der Waals surface area (Å²) in [4.78, 5) is 4.12. The predicted molar refractivity (Wildman–Crippen MR) is 54.2 cm³/mol. The standard InChI is InChI=1S/C11H12F3N/c1-3-15-8(2)9-4-6-10(7-5-9)11(12,13)14/h4-7H,3H2,1-2H3. The summed E-state index contributed by atoms with van der Waals surface area (Å²) in [6.07, 6.45) is -4.27. The molecule has 1 nitrogen and oxygen atoms in total. The highest BCUT2D eigenvalue weighted by molar-refractivity contribution is 5.98. The number of benzene rings is 1. The van der Waals surface area contributed by atoms with Crippen LogP contribution in [0.2, 0.25) is 0 Å². The molecule has 0 spiro atoms. The molecule has 15 heavy (non-hydrogen) atoms. The van der Waals surface area contributed by atoms with Crippen LogP contribution in [0.3, 0.4) is 0 Å². The van der Waals surface area contributed by atoms with Crippen molar-refractivity contribution < 1.29 is 13.2 Å². The number of halogens is 3. The van der Waals surface area contributed by atoms with Crippen LogP contribution in [0.15, 0.2) is 29.3 Å². The topological polar surface area (TPSA) is 12.4 Å². The molecule has 0 atom stereocenters. The molecule has 0 aliphatic rings. The van der Waals surface area contributed by atoms with E-state index in [9.17, 15) is 13.2 Å². The third kappa shape index (κ3) is 3.08. The third-order valence-corrected chi connectivity index (χ3v) is 2.03. The van der Waals surface area contributed by atoms with Crippen LogP contribution in [0.25, 0.3) is 0 Å². The first-order chi connectivity index (χ1) is 6.95. The highest BCUT2D eigenvalue weighted by Crippen LogP contribution is 2.29. The Morgan fingerprint density at radius 3 is 2.13 bits per heavy atom. The van der Waals surface area contributed by atoms with Crippen LogP contribution in [-0.4, -0.2) is 12.3 Å². The zero-order valence-corrected chi connectivity index (χ0v) is 8.60. The summed E-state index contributed by atoms with van der Waals surface area (Å²) in [5.74, 6) is 0. The molecule has 0 aliphatic heterocycles. The number of aliphatic imine (C=N–C) groups is 1. The quantitative estimate of drug-likeness (QED) is 0.669. The highest BCUT2D eigenvalue weighted by atomic mass is 19.4. The zero-order chi connectivity index (χ0) is 11.5. The van der Waals surface area contributed by atoms with Gasteiger partial charge in [-0.05, 0) is 31.5 Å². The minimum absolute atomic E-state index is 0.629. The van der Waals surface area contributed by atoms with Gasteiger partial charge >= 0.3 is 6.18 Å².